The highest BCUT2D eigenvalue weighted by molar-refractivity contribution is 5.94. The lowest BCUT2D eigenvalue weighted by molar-refractivity contribution is 0.122. The number of nitrogens with one attached hydrogen (secondary N) is 1. The van der Waals surface area contributed by atoms with Crippen molar-refractivity contribution in [2.24, 2.45) is 0 Å². The summed E-state index contributed by atoms with van der Waals surface area (Å²) in [6, 6.07) is 14.1. The highest BCUT2D eigenvalue weighted by Crippen LogP contribution is 2.32. The van der Waals surface area contributed by atoms with Gasteiger partial charge in [0.25, 0.3) is 0 Å². The molecule has 0 saturated carbocycles. The Balaban J connectivity index is 1.78. The molecule has 1 atom stereocenters. The van der Waals surface area contributed by atoms with Crippen molar-refractivity contribution in [2.45, 2.75) is 26.8 Å². The molecule has 1 saturated heterocycles. The first kappa shape index (κ1) is 20.6. The van der Waals surface area contributed by atoms with Crippen LogP contribution in [0.25, 0.3) is 10.9 Å². The normalized spacial score (nSPS) is 14.7. The molecular weight excluding hydrogens is 388 g/mol. The molecule has 0 aliphatic carbocycles. The predicted octanol–water partition coefficient (Wildman–Crippen LogP) is 4.00. The van der Waals surface area contributed by atoms with E-state index in [0.717, 1.165) is 46.6 Å². The molecule has 1 aliphatic rings. The highest BCUT2D eigenvalue weighted by atomic mass is 16.5. The maximum atomic E-state index is 9.73. The quantitative estimate of drug-likeness (QED) is 0.691. The summed E-state index contributed by atoms with van der Waals surface area (Å²) in [6.07, 6.45) is 0. The van der Waals surface area contributed by atoms with E-state index in [1.807, 2.05) is 44.2 Å². The van der Waals surface area contributed by atoms with Crippen LogP contribution in [0.5, 0.6) is 0 Å². The van der Waals surface area contributed by atoms with Crippen LogP contribution >= 0.6 is 0 Å². The van der Waals surface area contributed by atoms with Gasteiger partial charge >= 0.3 is 0 Å². The van der Waals surface area contributed by atoms with Crippen molar-refractivity contribution in [3.8, 4) is 12.1 Å². The van der Waals surface area contributed by atoms with Crippen molar-refractivity contribution in [3.05, 3.63) is 58.4 Å². The van der Waals surface area contributed by atoms with Gasteiger partial charge in [-0.25, -0.2) is 9.97 Å². The molecule has 2 heterocycles. The molecule has 0 radical (unpaired) electrons. The summed E-state index contributed by atoms with van der Waals surface area (Å²) >= 11 is 0. The fourth-order valence-electron chi connectivity index (χ4n) is 4.07. The van der Waals surface area contributed by atoms with E-state index in [-0.39, 0.29) is 6.04 Å². The number of hydrogen-bond acceptors (Lipinski definition) is 7. The molecule has 1 N–H and O–H groups in total. The molecular formula is C24H24N6O. The van der Waals surface area contributed by atoms with E-state index < -0.39 is 0 Å². The lowest BCUT2D eigenvalue weighted by Crippen LogP contribution is -2.36. The first-order valence-corrected chi connectivity index (χ1v) is 10.3. The Morgan fingerprint density at radius 1 is 1.06 bits per heavy atom. The molecule has 31 heavy (non-hydrogen) atoms. The topological polar surface area (TPSA) is 97.9 Å². The third-order valence-corrected chi connectivity index (χ3v) is 5.71. The van der Waals surface area contributed by atoms with E-state index >= 15 is 0 Å². The van der Waals surface area contributed by atoms with E-state index in [2.05, 4.69) is 39.2 Å². The monoisotopic (exact) mass is 412 g/mol. The van der Waals surface area contributed by atoms with Gasteiger partial charge in [-0.3, -0.25) is 0 Å². The maximum absolute atomic E-state index is 9.73. The lowest BCUT2D eigenvalue weighted by atomic mass is 9.98. The second-order valence-corrected chi connectivity index (χ2v) is 7.71. The van der Waals surface area contributed by atoms with Crippen LogP contribution in [0.2, 0.25) is 0 Å². The highest BCUT2D eigenvalue weighted by Gasteiger charge is 2.19. The molecule has 1 fully saturated rings. The van der Waals surface area contributed by atoms with Crippen molar-refractivity contribution >= 4 is 22.4 Å². The molecule has 0 amide bonds. The van der Waals surface area contributed by atoms with Crippen LogP contribution in [0.15, 0.2) is 30.3 Å². The van der Waals surface area contributed by atoms with Crippen LogP contribution < -0.4 is 10.2 Å². The Bertz CT molecular complexity index is 1220. The number of ether oxygens (including phenoxy) is 1. The standard InChI is InChI=1S/C24H24N6O/c1-15-18(13-25)5-4-6-20(15)16(2)27-24-21-12-23(30-7-9-31-10-8-30)19(14-26)11-22(21)28-17(3)29-24/h4-6,11-12,16H,7-10H2,1-3H3,(H,27,28,29)/t16-/m1/s1. The van der Waals surface area contributed by atoms with Crippen LogP contribution in [0.1, 0.15) is 41.0 Å². The van der Waals surface area contributed by atoms with Crippen molar-refractivity contribution in [3.63, 3.8) is 0 Å². The number of benzene rings is 2. The number of hydrogen-bond donors (Lipinski definition) is 1. The lowest BCUT2D eigenvalue weighted by Gasteiger charge is -2.30. The number of morpholine rings is 1. The number of aromatic nitrogens is 2. The molecule has 0 spiro atoms. The second kappa shape index (κ2) is 8.59. The largest absolute Gasteiger partial charge is 0.378 e. The number of aryl methyl sites for hydroxylation is 1. The molecule has 156 valence electrons. The Morgan fingerprint density at radius 3 is 2.52 bits per heavy atom. The summed E-state index contributed by atoms with van der Waals surface area (Å²) in [4.78, 5) is 11.4. The van der Waals surface area contributed by atoms with E-state index in [1.54, 1.807) is 0 Å². The first-order chi connectivity index (χ1) is 15.0. The van der Waals surface area contributed by atoms with Gasteiger partial charge in [0, 0.05) is 18.5 Å². The van der Waals surface area contributed by atoms with Gasteiger partial charge in [0.1, 0.15) is 17.7 Å². The van der Waals surface area contributed by atoms with Crippen LogP contribution in [0.4, 0.5) is 11.5 Å². The summed E-state index contributed by atoms with van der Waals surface area (Å²) < 4.78 is 5.47. The van der Waals surface area contributed by atoms with Gasteiger partial charge in [-0.1, -0.05) is 12.1 Å². The SMILES string of the molecule is Cc1nc(N[C@H](C)c2cccc(C#N)c2C)c2cc(N3CCOCC3)c(C#N)cc2n1. The molecule has 1 aliphatic heterocycles. The van der Waals surface area contributed by atoms with Crippen LogP contribution in [-0.4, -0.2) is 36.3 Å². The number of rotatable bonds is 4. The number of nitrogens with zero attached hydrogens (tertiary/aromatic N) is 5. The number of nitriles is 2. The van der Waals surface area contributed by atoms with Crippen molar-refractivity contribution < 1.29 is 4.74 Å². The molecule has 2 aromatic carbocycles. The molecule has 1 aromatic heterocycles. The van der Waals surface area contributed by atoms with E-state index in [1.165, 1.54) is 0 Å². The molecule has 7 heteroatoms. The summed E-state index contributed by atoms with van der Waals surface area (Å²) in [5, 5.41) is 23.5. The minimum Gasteiger partial charge on any atom is -0.378 e. The van der Waals surface area contributed by atoms with E-state index in [9.17, 15) is 10.5 Å². The zero-order valence-corrected chi connectivity index (χ0v) is 17.9. The molecule has 0 bridgehead atoms. The van der Waals surface area contributed by atoms with Gasteiger partial charge in [-0.15, -0.1) is 0 Å². The average molecular weight is 412 g/mol. The smallest absolute Gasteiger partial charge is 0.138 e. The molecule has 4 rings (SSSR count). The van der Waals surface area contributed by atoms with Crippen molar-refractivity contribution in [1.29, 1.82) is 10.5 Å². The summed E-state index contributed by atoms with van der Waals surface area (Å²) in [5.41, 5.74) is 4.89. The third kappa shape index (κ3) is 4.01. The zero-order valence-electron chi connectivity index (χ0n) is 17.9. The Morgan fingerprint density at radius 2 is 1.81 bits per heavy atom. The second-order valence-electron chi connectivity index (χ2n) is 7.71. The minimum absolute atomic E-state index is 0.0618. The van der Waals surface area contributed by atoms with Gasteiger partial charge < -0.3 is 15.0 Å². The number of fused-ring (bicyclic) bond motifs is 1. The summed E-state index contributed by atoms with van der Waals surface area (Å²) in [5.74, 6) is 1.35. The molecule has 0 unspecified atom stereocenters. The summed E-state index contributed by atoms with van der Waals surface area (Å²) in [6.45, 7) is 8.63. The van der Waals surface area contributed by atoms with Crippen LogP contribution in [0, 0.1) is 36.5 Å². The van der Waals surface area contributed by atoms with Gasteiger partial charge in [-0.05, 0) is 50.1 Å². The van der Waals surface area contributed by atoms with E-state index in [4.69, 9.17) is 4.74 Å². The van der Waals surface area contributed by atoms with Gasteiger partial charge in [-0.2, -0.15) is 10.5 Å². The van der Waals surface area contributed by atoms with Crippen LogP contribution in [0.3, 0.4) is 0 Å². The minimum atomic E-state index is -0.0618. The predicted molar refractivity (Wildman–Crippen MR) is 120 cm³/mol. The van der Waals surface area contributed by atoms with Crippen molar-refractivity contribution in [2.75, 3.05) is 36.5 Å². The molecule has 3 aromatic rings. The fraction of sp³-hybridized carbons (Fsp3) is 0.333. The van der Waals surface area contributed by atoms with Crippen molar-refractivity contribution in [1.82, 2.24) is 9.97 Å². The fourth-order valence-corrected chi connectivity index (χ4v) is 4.07. The van der Waals surface area contributed by atoms with Crippen LogP contribution in [-0.2, 0) is 4.74 Å². The third-order valence-electron chi connectivity index (χ3n) is 5.71. The zero-order chi connectivity index (χ0) is 22.0. The van der Waals surface area contributed by atoms with E-state index in [0.29, 0.717) is 30.2 Å². The Kier molecular flexibility index (Phi) is 5.70. The number of anilines is 2. The van der Waals surface area contributed by atoms with Gasteiger partial charge in [0.15, 0.2) is 0 Å². The van der Waals surface area contributed by atoms with Gasteiger partial charge in [0.05, 0.1) is 47.7 Å². The average Bonchev–Trinajstić information content (AvgIpc) is 2.78. The first-order valence-electron chi connectivity index (χ1n) is 10.3. The maximum Gasteiger partial charge on any atom is 0.138 e. The summed E-state index contributed by atoms with van der Waals surface area (Å²) in [7, 11) is 0. The Hall–Kier alpha value is -3.68. The Labute approximate surface area is 181 Å². The van der Waals surface area contributed by atoms with Gasteiger partial charge in [0.2, 0.25) is 0 Å². The molecule has 7 nitrogen and oxygen atoms in total.